The molecule has 0 saturated carbocycles. The van der Waals surface area contributed by atoms with Gasteiger partial charge in [0.25, 0.3) is 0 Å². The first-order chi connectivity index (χ1) is 19.6. The number of para-hydroxylation sites is 1. The fourth-order valence-corrected chi connectivity index (χ4v) is 5.67. The summed E-state index contributed by atoms with van der Waals surface area (Å²) in [5, 5.41) is 3.63. The van der Waals surface area contributed by atoms with Gasteiger partial charge in [0, 0.05) is 43.9 Å². The smallest absolute Gasteiger partial charge is 0.137 e. The predicted molar refractivity (Wildman–Crippen MR) is 169 cm³/mol. The number of halogens is 2. The standard InChI is InChI=1S/C36H23Cl2NO/c37-28-11-3-7-24(19-28)26-9-5-13-30(21-26)39(31-14-6-10-27(22-31)25-8-4-12-29(38)20-25)32-17-18-34-33-15-1-2-16-35(33)40-36(34)23-32/h1-23H. The lowest BCUT2D eigenvalue weighted by atomic mass is 10.0. The van der Waals surface area contributed by atoms with Gasteiger partial charge in [-0.1, -0.05) is 89.9 Å². The summed E-state index contributed by atoms with van der Waals surface area (Å²) in [5.74, 6) is 0. The maximum atomic E-state index is 6.33. The highest BCUT2D eigenvalue weighted by Gasteiger charge is 2.17. The van der Waals surface area contributed by atoms with E-state index in [0.717, 1.165) is 61.3 Å². The number of anilines is 3. The lowest BCUT2D eigenvalue weighted by Crippen LogP contribution is -2.10. The minimum atomic E-state index is 0.712. The number of benzene rings is 6. The van der Waals surface area contributed by atoms with Crippen molar-refractivity contribution in [3.63, 3.8) is 0 Å². The highest BCUT2D eigenvalue weighted by atomic mass is 35.5. The third kappa shape index (κ3) is 4.62. The molecule has 6 aromatic carbocycles. The molecule has 0 N–H and O–H groups in total. The maximum Gasteiger partial charge on any atom is 0.137 e. The van der Waals surface area contributed by atoms with Gasteiger partial charge in [0.1, 0.15) is 11.2 Å². The number of fused-ring (bicyclic) bond motifs is 3. The van der Waals surface area contributed by atoms with E-state index in [0.29, 0.717) is 10.0 Å². The van der Waals surface area contributed by atoms with E-state index in [1.807, 2.05) is 54.6 Å². The van der Waals surface area contributed by atoms with Crippen molar-refractivity contribution in [3.8, 4) is 22.3 Å². The Bertz CT molecular complexity index is 1920. The summed E-state index contributed by atoms with van der Waals surface area (Å²) in [6, 6.07) is 47.5. The molecule has 2 nitrogen and oxygen atoms in total. The minimum absolute atomic E-state index is 0.712. The van der Waals surface area contributed by atoms with Gasteiger partial charge in [-0.3, -0.25) is 0 Å². The Balaban J connectivity index is 1.41. The number of hydrogen-bond donors (Lipinski definition) is 0. The van der Waals surface area contributed by atoms with Gasteiger partial charge in [-0.2, -0.15) is 0 Å². The third-order valence-electron chi connectivity index (χ3n) is 7.15. The Hall–Kier alpha value is -4.50. The zero-order valence-corrected chi connectivity index (χ0v) is 22.9. The van der Waals surface area contributed by atoms with Crippen LogP contribution in [0.2, 0.25) is 10.0 Å². The summed E-state index contributed by atoms with van der Waals surface area (Å²) in [4.78, 5) is 2.26. The summed E-state index contributed by atoms with van der Waals surface area (Å²) >= 11 is 12.7. The number of hydrogen-bond acceptors (Lipinski definition) is 2. The van der Waals surface area contributed by atoms with Gasteiger partial charge in [0.05, 0.1) is 0 Å². The second-order valence-electron chi connectivity index (χ2n) is 9.74. The van der Waals surface area contributed by atoms with Crippen molar-refractivity contribution in [2.75, 3.05) is 4.90 Å². The SMILES string of the molecule is Clc1cccc(-c2cccc(N(c3cccc(-c4cccc(Cl)c4)c3)c3ccc4c(c3)oc3ccccc34)c2)c1. The zero-order chi connectivity index (χ0) is 27.1. The molecule has 40 heavy (non-hydrogen) atoms. The molecule has 4 heteroatoms. The molecule has 0 fully saturated rings. The van der Waals surface area contributed by atoms with Crippen molar-refractivity contribution in [1.29, 1.82) is 0 Å². The van der Waals surface area contributed by atoms with Crippen LogP contribution in [0.5, 0.6) is 0 Å². The molecule has 0 spiro atoms. The monoisotopic (exact) mass is 555 g/mol. The molecule has 0 amide bonds. The number of furan rings is 1. The van der Waals surface area contributed by atoms with Crippen molar-refractivity contribution < 1.29 is 4.42 Å². The molecule has 1 aromatic heterocycles. The summed E-state index contributed by atoms with van der Waals surface area (Å²) in [6.45, 7) is 0. The molecule has 192 valence electrons. The van der Waals surface area contributed by atoms with Crippen LogP contribution in [0, 0.1) is 0 Å². The lowest BCUT2D eigenvalue weighted by molar-refractivity contribution is 0.669. The van der Waals surface area contributed by atoms with Crippen LogP contribution in [0.15, 0.2) is 144 Å². The Labute approximate surface area is 242 Å². The van der Waals surface area contributed by atoms with Crippen LogP contribution >= 0.6 is 23.2 Å². The van der Waals surface area contributed by atoms with Gasteiger partial charge in [-0.15, -0.1) is 0 Å². The van der Waals surface area contributed by atoms with Crippen molar-refractivity contribution in [3.05, 3.63) is 150 Å². The number of nitrogens with zero attached hydrogens (tertiary/aromatic N) is 1. The van der Waals surface area contributed by atoms with E-state index in [4.69, 9.17) is 27.6 Å². The Morgan fingerprint density at radius 3 is 1.50 bits per heavy atom. The van der Waals surface area contributed by atoms with E-state index in [1.165, 1.54) is 0 Å². The second-order valence-corrected chi connectivity index (χ2v) is 10.6. The van der Waals surface area contributed by atoms with E-state index in [-0.39, 0.29) is 0 Å². The van der Waals surface area contributed by atoms with Gasteiger partial charge < -0.3 is 9.32 Å². The van der Waals surface area contributed by atoms with Gasteiger partial charge >= 0.3 is 0 Å². The second kappa shape index (κ2) is 10.2. The fraction of sp³-hybridized carbons (Fsp3) is 0. The summed E-state index contributed by atoms with van der Waals surface area (Å²) < 4.78 is 6.27. The number of rotatable bonds is 5. The van der Waals surface area contributed by atoms with Crippen LogP contribution in [0.1, 0.15) is 0 Å². The minimum Gasteiger partial charge on any atom is -0.456 e. The van der Waals surface area contributed by atoms with E-state index in [1.54, 1.807) is 0 Å². The molecular weight excluding hydrogens is 533 g/mol. The molecule has 0 atom stereocenters. The quantitative estimate of drug-likeness (QED) is 0.210. The van der Waals surface area contributed by atoms with Crippen LogP contribution in [-0.2, 0) is 0 Å². The van der Waals surface area contributed by atoms with Crippen molar-refractivity contribution in [2.24, 2.45) is 0 Å². The zero-order valence-electron chi connectivity index (χ0n) is 21.4. The van der Waals surface area contributed by atoms with Gasteiger partial charge in [0.2, 0.25) is 0 Å². The van der Waals surface area contributed by atoms with Crippen molar-refractivity contribution >= 4 is 62.2 Å². The van der Waals surface area contributed by atoms with Crippen molar-refractivity contribution in [1.82, 2.24) is 0 Å². The van der Waals surface area contributed by atoms with Crippen LogP contribution in [-0.4, -0.2) is 0 Å². The Kier molecular flexibility index (Phi) is 6.28. The van der Waals surface area contributed by atoms with Crippen molar-refractivity contribution in [2.45, 2.75) is 0 Å². The fourth-order valence-electron chi connectivity index (χ4n) is 5.29. The normalized spacial score (nSPS) is 11.2. The molecular formula is C36H23Cl2NO. The molecule has 0 aliphatic heterocycles. The van der Waals surface area contributed by atoms with E-state index in [9.17, 15) is 0 Å². The molecule has 0 aliphatic carbocycles. The van der Waals surface area contributed by atoms with Crippen LogP contribution in [0.4, 0.5) is 17.1 Å². The predicted octanol–water partition coefficient (Wildman–Crippen LogP) is 11.7. The van der Waals surface area contributed by atoms with Crippen LogP contribution < -0.4 is 4.90 Å². The average Bonchev–Trinajstić information content (AvgIpc) is 3.36. The van der Waals surface area contributed by atoms with E-state index >= 15 is 0 Å². The summed E-state index contributed by atoms with van der Waals surface area (Å²) in [5.41, 5.74) is 9.07. The van der Waals surface area contributed by atoms with Crippen LogP contribution in [0.25, 0.3) is 44.2 Å². The molecule has 1 heterocycles. The third-order valence-corrected chi connectivity index (χ3v) is 7.62. The molecule has 0 radical (unpaired) electrons. The lowest BCUT2D eigenvalue weighted by Gasteiger charge is -2.26. The Morgan fingerprint density at radius 1 is 0.400 bits per heavy atom. The molecule has 0 saturated heterocycles. The van der Waals surface area contributed by atoms with E-state index in [2.05, 4.69) is 89.8 Å². The summed E-state index contributed by atoms with van der Waals surface area (Å²) in [6.07, 6.45) is 0. The van der Waals surface area contributed by atoms with Gasteiger partial charge in [-0.05, 0) is 89.0 Å². The molecule has 7 aromatic rings. The molecule has 0 unspecified atom stereocenters. The first-order valence-corrected chi connectivity index (χ1v) is 13.8. The molecule has 7 rings (SSSR count). The molecule has 0 bridgehead atoms. The van der Waals surface area contributed by atoms with Gasteiger partial charge in [0.15, 0.2) is 0 Å². The van der Waals surface area contributed by atoms with Gasteiger partial charge in [-0.25, -0.2) is 0 Å². The average molecular weight is 556 g/mol. The first kappa shape index (κ1) is 24.5. The highest BCUT2D eigenvalue weighted by molar-refractivity contribution is 6.31. The van der Waals surface area contributed by atoms with Crippen LogP contribution in [0.3, 0.4) is 0 Å². The topological polar surface area (TPSA) is 16.4 Å². The highest BCUT2D eigenvalue weighted by Crippen LogP contribution is 2.41. The summed E-state index contributed by atoms with van der Waals surface area (Å²) in [7, 11) is 0. The molecule has 0 aliphatic rings. The maximum absolute atomic E-state index is 6.33. The Morgan fingerprint density at radius 2 is 0.900 bits per heavy atom. The first-order valence-electron chi connectivity index (χ1n) is 13.1. The largest absolute Gasteiger partial charge is 0.456 e. The van der Waals surface area contributed by atoms with E-state index < -0.39 is 0 Å².